The first-order valence-electron chi connectivity index (χ1n) is 5.66. The molecule has 0 aliphatic heterocycles. The van der Waals surface area contributed by atoms with Gasteiger partial charge in [0.2, 0.25) is 0 Å². The summed E-state index contributed by atoms with van der Waals surface area (Å²) in [4.78, 5) is 11.1. The SMILES string of the molecule is CCC(CC)(CO)NCc1ccc([N+](=O)[O-])s1. The highest BCUT2D eigenvalue weighted by molar-refractivity contribution is 7.15. The van der Waals surface area contributed by atoms with Gasteiger partial charge in [-0.15, -0.1) is 0 Å². The summed E-state index contributed by atoms with van der Waals surface area (Å²) in [6.45, 7) is 4.67. The van der Waals surface area contributed by atoms with Crippen molar-refractivity contribution in [3.05, 3.63) is 27.1 Å². The monoisotopic (exact) mass is 258 g/mol. The van der Waals surface area contributed by atoms with Gasteiger partial charge in [-0.2, -0.15) is 0 Å². The topological polar surface area (TPSA) is 75.4 Å². The molecule has 1 heterocycles. The molecule has 0 saturated heterocycles. The van der Waals surface area contributed by atoms with Crippen LogP contribution in [0.5, 0.6) is 0 Å². The lowest BCUT2D eigenvalue weighted by molar-refractivity contribution is -0.380. The highest BCUT2D eigenvalue weighted by atomic mass is 32.1. The maximum atomic E-state index is 10.5. The van der Waals surface area contributed by atoms with E-state index in [1.54, 1.807) is 6.07 Å². The Kier molecular flexibility index (Phi) is 5.04. The summed E-state index contributed by atoms with van der Waals surface area (Å²) in [5.74, 6) is 0. The molecule has 0 spiro atoms. The van der Waals surface area contributed by atoms with Gasteiger partial charge in [0.05, 0.1) is 11.5 Å². The van der Waals surface area contributed by atoms with E-state index in [4.69, 9.17) is 0 Å². The summed E-state index contributed by atoms with van der Waals surface area (Å²) in [5.41, 5.74) is -0.279. The van der Waals surface area contributed by atoms with Crippen LogP contribution in [0.4, 0.5) is 5.00 Å². The van der Waals surface area contributed by atoms with Crippen molar-refractivity contribution in [2.75, 3.05) is 6.61 Å². The van der Waals surface area contributed by atoms with Gasteiger partial charge in [0.1, 0.15) is 0 Å². The van der Waals surface area contributed by atoms with E-state index in [1.165, 1.54) is 17.4 Å². The van der Waals surface area contributed by atoms with Crippen LogP contribution in [0.15, 0.2) is 12.1 Å². The van der Waals surface area contributed by atoms with Gasteiger partial charge in [-0.25, -0.2) is 0 Å². The number of aliphatic hydroxyl groups excluding tert-OH is 1. The maximum Gasteiger partial charge on any atom is 0.324 e. The molecule has 2 N–H and O–H groups in total. The van der Waals surface area contributed by atoms with Crippen molar-refractivity contribution in [2.45, 2.75) is 38.8 Å². The summed E-state index contributed by atoms with van der Waals surface area (Å²) in [6, 6.07) is 3.27. The van der Waals surface area contributed by atoms with Crippen molar-refractivity contribution in [1.82, 2.24) is 5.32 Å². The van der Waals surface area contributed by atoms with Crippen molar-refractivity contribution in [3.63, 3.8) is 0 Å². The molecule has 0 aliphatic carbocycles. The molecule has 96 valence electrons. The lowest BCUT2D eigenvalue weighted by Gasteiger charge is -2.30. The molecule has 0 amide bonds. The number of nitro groups is 1. The van der Waals surface area contributed by atoms with Crippen molar-refractivity contribution in [1.29, 1.82) is 0 Å². The molecular formula is C11H18N2O3S. The third-order valence-corrected chi connectivity index (χ3v) is 4.16. The lowest BCUT2D eigenvalue weighted by Crippen LogP contribution is -2.46. The Morgan fingerprint density at radius 1 is 1.47 bits per heavy atom. The van der Waals surface area contributed by atoms with Crippen LogP contribution < -0.4 is 5.32 Å². The molecule has 0 bridgehead atoms. The molecule has 0 aliphatic rings. The van der Waals surface area contributed by atoms with Crippen molar-refractivity contribution in [3.8, 4) is 0 Å². The zero-order valence-electron chi connectivity index (χ0n) is 10.1. The Morgan fingerprint density at radius 3 is 2.53 bits per heavy atom. The van der Waals surface area contributed by atoms with Gasteiger partial charge in [-0.3, -0.25) is 10.1 Å². The number of hydrogen-bond donors (Lipinski definition) is 2. The van der Waals surface area contributed by atoms with Crippen LogP contribution in [0.2, 0.25) is 0 Å². The van der Waals surface area contributed by atoms with E-state index in [9.17, 15) is 15.2 Å². The van der Waals surface area contributed by atoms with Crippen molar-refractivity contribution in [2.24, 2.45) is 0 Å². The average Bonchev–Trinajstić information content (AvgIpc) is 2.81. The fraction of sp³-hybridized carbons (Fsp3) is 0.636. The standard InChI is InChI=1S/C11H18N2O3S/c1-3-11(4-2,8-14)12-7-9-5-6-10(17-9)13(15)16/h5-6,12,14H,3-4,7-8H2,1-2H3. The minimum absolute atomic E-state index is 0.0769. The van der Waals surface area contributed by atoms with E-state index in [0.717, 1.165) is 17.7 Å². The van der Waals surface area contributed by atoms with Gasteiger partial charge in [0.15, 0.2) is 0 Å². The highest BCUT2D eigenvalue weighted by Gasteiger charge is 2.24. The minimum Gasteiger partial charge on any atom is -0.394 e. The molecular weight excluding hydrogens is 240 g/mol. The number of rotatable bonds is 7. The van der Waals surface area contributed by atoms with Crippen LogP contribution in [0.1, 0.15) is 31.6 Å². The molecule has 0 radical (unpaired) electrons. The van der Waals surface area contributed by atoms with Crippen molar-refractivity contribution < 1.29 is 10.0 Å². The van der Waals surface area contributed by atoms with E-state index in [1.807, 2.05) is 13.8 Å². The first-order chi connectivity index (χ1) is 8.06. The molecule has 1 aromatic rings. The Morgan fingerprint density at radius 2 is 2.12 bits per heavy atom. The number of hydrogen-bond acceptors (Lipinski definition) is 5. The number of thiophene rings is 1. The summed E-state index contributed by atoms with van der Waals surface area (Å²) >= 11 is 1.17. The van der Waals surface area contributed by atoms with Crippen LogP contribution in [0, 0.1) is 10.1 Å². The number of nitrogens with one attached hydrogen (secondary N) is 1. The third-order valence-electron chi connectivity index (χ3n) is 3.12. The van der Waals surface area contributed by atoms with Gasteiger partial charge in [-0.1, -0.05) is 25.2 Å². The molecule has 0 saturated carbocycles. The van der Waals surface area contributed by atoms with E-state index in [-0.39, 0.29) is 22.1 Å². The zero-order chi connectivity index (χ0) is 12.9. The first-order valence-corrected chi connectivity index (χ1v) is 6.47. The van der Waals surface area contributed by atoms with Crippen LogP contribution in [-0.4, -0.2) is 22.2 Å². The number of nitrogens with zero attached hydrogens (tertiary/aromatic N) is 1. The third kappa shape index (κ3) is 3.49. The summed E-state index contributed by atoms with van der Waals surface area (Å²) in [7, 11) is 0. The summed E-state index contributed by atoms with van der Waals surface area (Å²) < 4.78 is 0. The summed E-state index contributed by atoms with van der Waals surface area (Å²) in [6.07, 6.45) is 1.65. The predicted octanol–water partition coefficient (Wildman–Crippen LogP) is 2.30. The molecule has 6 heteroatoms. The van der Waals surface area contributed by atoms with Crippen LogP contribution in [-0.2, 0) is 6.54 Å². The van der Waals surface area contributed by atoms with Crippen LogP contribution in [0.3, 0.4) is 0 Å². The van der Waals surface area contributed by atoms with E-state index in [0.29, 0.717) is 6.54 Å². The van der Waals surface area contributed by atoms with Gasteiger partial charge in [-0.05, 0) is 18.9 Å². The number of aliphatic hydroxyl groups is 1. The van der Waals surface area contributed by atoms with Crippen LogP contribution >= 0.6 is 11.3 Å². The molecule has 1 rings (SSSR count). The normalized spacial score (nSPS) is 11.7. The fourth-order valence-electron chi connectivity index (χ4n) is 1.61. The van der Waals surface area contributed by atoms with Gasteiger partial charge < -0.3 is 10.4 Å². The van der Waals surface area contributed by atoms with Gasteiger partial charge >= 0.3 is 5.00 Å². The summed E-state index contributed by atoms with van der Waals surface area (Å²) in [5, 5.41) is 23.4. The molecule has 0 atom stereocenters. The van der Waals surface area contributed by atoms with E-state index >= 15 is 0 Å². The highest BCUT2D eigenvalue weighted by Crippen LogP contribution is 2.25. The minimum atomic E-state index is -0.382. The molecule has 0 unspecified atom stereocenters. The Hall–Kier alpha value is -0.980. The fourth-order valence-corrected chi connectivity index (χ4v) is 2.37. The van der Waals surface area contributed by atoms with Crippen LogP contribution in [0.25, 0.3) is 0 Å². The first kappa shape index (κ1) is 14.1. The lowest BCUT2D eigenvalue weighted by atomic mass is 9.94. The second kappa shape index (κ2) is 6.09. The molecule has 0 aromatic carbocycles. The predicted molar refractivity (Wildman–Crippen MR) is 68.2 cm³/mol. The second-order valence-electron chi connectivity index (χ2n) is 4.00. The van der Waals surface area contributed by atoms with Gasteiger partial charge in [0, 0.05) is 23.0 Å². The smallest absolute Gasteiger partial charge is 0.324 e. The Bertz CT molecular complexity index is 366. The Labute approximate surface area is 105 Å². The molecule has 17 heavy (non-hydrogen) atoms. The molecule has 0 fully saturated rings. The van der Waals surface area contributed by atoms with Gasteiger partial charge in [0.25, 0.3) is 0 Å². The van der Waals surface area contributed by atoms with E-state index in [2.05, 4.69) is 5.32 Å². The maximum absolute atomic E-state index is 10.5. The molecule has 5 nitrogen and oxygen atoms in total. The largest absolute Gasteiger partial charge is 0.394 e. The average molecular weight is 258 g/mol. The zero-order valence-corrected chi connectivity index (χ0v) is 10.9. The Balaban J connectivity index is 2.62. The van der Waals surface area contributed by atoms with E-state index < -0.39 is 0 Å². The van der Waals surface area contributed by atoms with Crippen molar-refractivity contribution >= 4 is 16.3 Å². The second-order valence-corrected chi connectivity index (χ2v) is 5.14. The molecule has 1 aromatic heterocycles. The quantitative estimate of drug-likeness (QED) is 0.581.